The third kappa shape index (κ3) is 3.28. The molecule has 0 fully saturated rings. The summed E-state index contributed by atoms with van der Waals surface area (Å²) in [6.07, 6.45) is 3.64. The topological polar surface area (TPSA) is 37.8 Å². The zero-order valence-corrected chi connectivity index (χ0v) is 10.2. The molecule has 0 saturated carbocycles. The fraction of sp³-hybridized carbons (Fsp3) is 0.286. The molecule has 2 rings (SSSR count). The number of anilines is 1. The molecule has 2 aromatic heterocycles. The Hall–Kier alpha value is -1.90. The van der Waals surface area contributed by atoms with Gasteiger partial charge in [-0.05, 0) is 35.7 Å². The highest BCUT2D eigenvalue weighted by molar-refractivity contribution is 5.38. The molecule has 3 nitrogen and oxygen atoms in total. The Morgan fingerprint density at radius 2 is 2.00 bits per heavy atom. The van der Waals surface area contributed by atoms with E-state index in [9.17, 15) is 0 Å². The van der Waals surface area contributed by atoms with Gasteiger partial charge in [-0.3, -0.25) is 4.98 Å². The Balaban J connectivity index is 2.02. The first kappa shape index (κ1) is 11.6. The Morgan fingerprint density at radius 1 is 1.12 bits per heavy atom. The van der Waals surface area contributed by atoms with Crippen LogP contribution in [0, 0.1) is 0 Å². The molecule has 17 heavy (non-hydrogen) atoms. The zero-order chi connectivity index (χ0) is 12.1. The summed E-state index contributed by atoms with van der Waals surface area (Å²) < 4.78 is 0. The van der Waals surface area contributed by atoms with E-state index in [2.05, 4.69) is 41.3 Å². The molecule has 0 aliphatic rings. The molecule has 2 heterocycles. The smallest absolute Gasteiger partial charge is 0.126 e. The van der Waals surface area contributed by atoms with E-state index in [4.69, 9.17) is 0 Å². The summed E-state index contributed by atoms with van der Waals surface area (Å²) >= 11 is 0. The van der Waals surface area contributed by atoms with Crippen molar-refractivity contribution in [3.05, 3.63) is 54.0 Å². The van der Waals surface area contributed by atoms with E-state index in [0.717, 1.165) is 11.5 Å². The molecule has 0 aliphatic heterocycles. The summed E-state index contributed by atoms with van der Waals surface area (Å²) in [6, 6.07) is 10.0. The lowest BCUT2D eigenvalue weighted by molar-refractivity contribution is 0.862. The summed E-state index contributed by atoms with van der Waals surface area (Å²) in [4.78, 5) is 8.56. The van der Waals surface area contributed by atoms with E-state index in [0.29, 0.717) is 12.5 Å². The van der Waals surface area contributed by atoms with Crippen molar-refractivity contribution in [1.82, 2.24) is 9.97 Å². The van der Waals surface area contributed by atoms with Gasteiger partial charge in [-0.15, -0.1) is 0 Å². The number of pyridine rings is 2. The maximum atomic E-state index is 4.30. The third-order valence-electron chi connectivity index (χ3n) is 2.63. The molecule has 0 unspecified atom stereocenters. The van der Waals surface area contributed by atoms with E-state index < -0.39 is 0 Å². The molecular formula is C14H17N3. The van der Waals surface area contributed by atoms with Crippen LogP contribution < -0.4 is 5.32 Å². The van der Waals surface area contributed by atoms with E-state index in [1.54, 1.807) is 6.20 Å². The minimum atomic E-state index is 0.522. The molecular weight excluding hydrogens is 210 g/mol. The maximum Gasteiger partial charge on any atom is 0.126 e. The Labute approximate surface area is 102 Å². The first-order valence-corrected chi connectivity index (χ1v) is 5.85. The maximum absolute atomic E-state index is 4.30. The molecule has 3 heteroatoms. The molecule has 0 aliphatic carbocycles. The van der Waals surface area contributed by atoms with Gasteiger partial charge >= 0.3 is 0 Å². The van der Waals surface area contributed by atoms with Crippen LogP contribution in [0.1, 0.15) is 31.0 Å². The first-order chi connectivity index (χ1) is 8.25. The number of rotatable bonds is 4. The predicted molar refractivity (Wildman–Crippen MR) is 69.9 cm³/mol. The van der Waals surface area contributed by atoms with E-state index in [1.165, 1.54) is 5.56 Å². The van der Waals surface area contributed by atoms with Gasteiger partial charge in [-0.25, -0.2) is 4.98 Å². The van der Waals surface area contributed by atoms with Crippen LogP contribution in [-0.4, -0.2) is 9.97 Å². The monoisotopic (exact) mass is 227 g/mol. The van der Waals surface area contributed by atoms with Crippen molar-refractivity contribution in [2.45, 2.75) is 26.3 Å². The number of aromatic nitrogens is 2. The van der Waals surface area contributed by atoms with Crippen molar-refractivity contribution >= 4 is 5.82 Å². The van der Waals surface area contributed by atoms with Crippen molar-refractivity contribution in [1.29, 1.82) is 0 Å². The normalized spacial score (nSPS) is 10.5. The minimum Gasteiger partial charge on any atom is -0.364 e. The fourth-order valence-corrected chi connectivity index (χ4v) is 1.59. The summed E-state index contributed by atoms with van der Waals surface area (Å²) in [5.74, 6) is 1.43. The number of nitrogens with zero attached hydrogens (tertiary/aromatic N) is 2. The SMILES string of the molecule is CC(C)c1ccnc(NCc2ccccn2)c1. The van der Waals surface area contributed by atoms with Gasteiger partial charge in [-0.1, -0.05) is 19.9 Å². The van der Waals surface area contributed by atoms with Crippen molar-refractivity contribution in [3.8, 4) is 0 Å². The highest BCUT2D eigenvalue weighted by Crippen LogP contribution is 2.16. The van der Waals surface area contributed by atoms with Gasteiger partial charge in [0.15, 0.2) is 0 Å². The molecule has 0 saturated heterocycles. The molecule has 0 atom stereocenters. The zero-order valence-electron chi connectivity index (χ0n) is 10.2. The van der Waals surface area contributed by atoms with E-state index >= 15 is 0 Å². The van der Waals surface area contributed by atoms with Crippen LogP contribution in [0.4, 0.5) is 5.82 Å². The van der Waals surface area contributed by atoms with Gasteiger partial charge in [0.05, 0.1) is 12.2 Å². The second-order valence-corrected chi connectivity index (χ2v) is 4.30. The van der Waals surface area contributed by atoms with Crippen molar-refractivity contribution in [3.63, 3.8) is 0 Å². The summed E-state index contributed by atoms with van der Waals surface area (Å²) in [5, 5.41) is 3.28. The van der Waals surface area contributed by atoms with Crippen LogP contribution in [0.5, 0.6) is 0 Å². The van der Waals surface area contributed by atoms with Crippen molar-refractivity contribution in [2.75, 3.05) is 5.32 Å². The molecule has 0 bridgehead atoms. The second-order valence-electron chi connectivity index (χ2n) is 4.30. The van der Waals surface area contributed by atoms with Crippen molar-refractivity contribution < 1.29 is 0 Å². The molecule has 0 aromatic carbocycles. The first-order valence-electron chi connectivity index (χ1n) is 5.85. The van der Waals surface area contributed by atoms with E-state index in [-0.39, 0.29) is 0 Å². The van der Waals surface area contributed by atoms with Crippen LogP contribution in [-0.2, 0) is 6.54 Å². The molecule has 0 radical (unpaired) electrons. The van der Waals surface area contributed by atoms with Crippen LogP contribution in [0.2, 0.25) is 0 Å². The van der Waals surface area contributed by atoms with Gasteiger partial charge in [0.25, 0.3) is 0 Å². The highest BCUT2D eigenvalue weighted by atomic mass is 15.0. The van der Waals surface area contributed by atoms with Gasteiger partial charge < -0.3 is 5.32 Å². The van der Waals surface area contributed by atoms with Crippen LogP contribution in [0.3, 0.4) is 0 Å². The second kappa shape index (κ2) is 5.43. The summed E-state index contributed by atoms with van der Waals surface area (Å²) in [7, 11) is 0. The molecule has 0 spiro atoms. The average molecular weight is 227 g/mol. The number of nitrogens with one attached hydrogen (secondary N) is 1. The lowest BCUT2D eigenvalue weighted by Gasteiger charge is -2.09. The largest absolute Gasteiger partial charge is 0.364 e. The highest BCUT2D eigenvalue weighted by Gasteiger charge is 2.01. The van der Waals surface area contributed by atoms with E-state index in [1.807, 2.05) is 24.4 Å². The molecule has 1 N–H and O–H groups in total. The molecule has 2 aromatic rings. The van der Waals surface area contributed by atoms with Crippen LogP contribution in [0.25, 0.3) is 0 Å². The fourth-order valence-electron chi connectivity index (χ4n) is 1.59. The molecule has 88 valence electrons. The standard InChI is InChI=1S/C14H17N3/c1-11(2)12-6-8-16-14(9-12)17-10-13-5-3-4-7-15-13/h3-9,11H,10H2,1-2H3,(H,16,17). The Kier molecular flexibility index (Phi) is 3.70. The lowest BCUT2D eigenvalue weighted by Crippen LogP contribution is -2.03. The predicted octanol–water partition coefficient (Wildman–Crippen LogP) is 3.21. The quantitative estimate of drug-likeness (QED) is 0.871. The summed E-state index contributed by atoms with van der Waals surface area (Å²) in [6.45, 7) is 5.06. The lowest BCUT2D eigenvalue weighted by atomic mass is 10.1. The van der Waals surface area contributed by atoms with Crippen LogP contribution in [0.15, 0.2) is 42.7 Å². The number of hydrogen-bond donors (Lipinski definition) is 1. The average Bonchev–Trinajstić information content (AvgIpc) is 2.38. The van der Waals surface area contributed by atoms with Crippen molar-refractivity contribution in [2.24, 2.45) is 0 Å². The summed E-state index contributed by atoms with van der Waals surface area (Å²) in [5.41, 5.74) is 2.31. The number of hydrogen-bond acceptors (Lipinski definition) is 3. The van der Waals surface area contributed by atoms with Gasteiger partial charge in [0.2, 0.25) is 0 Å². The third-order valence-corrected chi connectivity index (χ3v) is 2.63. The minimum absolute atomic E-state index is 0.522. The van der Waals surface area contributed by atoms with Gasteiger partial charge in [-0.2, -0.15) is 0 Å². The van der Waals surface area contributed by atoms with Gasteiger partial charge in [0.1, 0.15) is 5.82 Å². The van der Waals surface area contributed by atoms with Gasteiger partial charge in [0, 0.05) is 12.4 Å². The molecule has 0 amide bonds. The Morgan fingerprint density at radius 3 is 2.71 bits per heavy atom. The Bertz CT molecular complexity index is 466. The van der Waals surface area contributed by atoms with Crippen LogP contribution >= 0.6 is 0 Å².